The van der Waals surface area contributed by atoms with Crippen molar-refractivity contribution in [2.75, 3.05) is 32.8 Å². The van der Waals surface area contributed by atoms with Crippen LogP contribution in [0.4, 0.5) is 0 Å². The molecule has 1 fully saturated rings. The molecule has 106 valence electrons. The zero-order chi connectivity index (χ0) is 13.7. The Kier molecular flexibility index (Phi) is 6.49. The molecule has 0 spiro atoms. The first kappa shape index (κ1) is 15.8. The molecule has 2 N–H and O–H groups in total. The Bertz CT molecular complexity index is 271. The van der Waals surface area contributed by atoms with Gasteiger partial charge in [0.25, 0.3) is 0 Å². The van der Waals surface area contributed by atoms with Crippen LogP contribution in [0.15, 0.2) is 0 Å². The number of morpholine rings is 1. The summed E-state index contributed by atoms with van der Waals surface area (Å²) in [6, 6.07) is 1.02. The quantitative estimate of drug-likeness (QED) is 0.734. The van der Waals surface area contributed by atoms with Gasteiger partial charge in [0.15, 0.2) is 0 Å². The molecular formula is C13H27N3OS. The van der Waals surface area contributed by atoms with E-state index in [0.717, 1.165) is 26.2 Å². The van der Waals surface area contributed by atoms with Gasteiger partial charge in [0, 0.05) is 38.3 Å². The molecule has 1 unspecified atom stereocenters. The summed E-state index contributed by atoms with van der Waals surface area (Å²) in [6.07, 6.45) is 0.262. The number of thiocarbonyl (C=S) groups is 1. The summed E-state index contributed by atoms with van der Waals surface area (Å²) in [6.45, 7) is 13.2. The van der Waals surface area contributed by atoms with Crippen molar-refractivity contribution in [1.29, 1.82) is 0 Å². The van der Waals surface area contributed by atoms with Crippen LogP contribution < -0.4 is 5.73 Å². The summed E-state index contributed by atoms with van der Waals surface area (Å²) in [5.74, 6) is 0. The third kappa shape index (κ3) is 5.18. The molecule has 1 saturated heterocycles. The highest BCUT2D eigenvalue weighted by Crippen LogP contribution is 2.11. The maximum atomic E-state index is 5.85. The van der Waals surface area contributed by atoms with Gasteiger partial charge < -0.3 is 10.5 Å². The normalized spacial score (nSPS) is 22.1. The Morgan fingerprint density at radius 2 is 2.11 bits per heavy atom. The lowest BCUT2D eigenvalue weighted by Gasteiger charge is -2.38. The first-order valence-corrected chi connectivity index (χ1v) is 7.19. The number of hydrogen-bond acceptors (Lipinski definition) is 4. The molecule has 0 aromatic rings. The van der Waals surface area contributed by atoms with Crippen LogP contribution in [0.3, 0.4) is 0 Å². The lowest BCUT2D eigenvalue weighted by molar-refractivity contribution is -0.0535. The molecule has 0 aliphatic carbocycles. The van der Waals surface area contributed by atoms with Crippen LogP contribution in [0, 0.1) is 0 Å². The second-order valence-electron chi connectivity index (χ2n) is 5.57. The molecule has 0 aromatic carbocycles. The fourth-order valence-corrected chi connectivity index (χ4v) is 2.41. The second-order valence-corrected chi connectivity index (χ2v) is 6.10. The van der Waals surface area contributed by atoms with Gasteiger partial charge in [-0.1, -0.05) is 12.2 Å². The molecule has 1 heterocycles. The third-order valence-corrected chi connectivity index (χ3v) is 3.56. The van der Waals surface area contributed by atoms with Crippen LogP contribution in [0.25, 0.3) is 0 Å². The summed E-state index contributed by atoms with van der Waals surface area (Å²) in [4.78, 5) is 5.31. The molecule has 0 amide bonds. The van der Waals surface area contributed by atoms with Crippen LogP contribution in [-0.4, -0.2) is 65.8 Å². The number of nitrogens with zero attached hydrogens (tertiary/aromatic N) is 2. The van der Waals surface area contributed by atoms with E-state index in [4.69, 9.17) is 22.7 Å². The molecule has 1 atom stereocenters. The van der Waals surface area contributed by atoms with E-state index < -0.39 is 0 Å². The monoisotopic (exact) mass is 273 g/mol. The van der Waals surface area contributed by atoms with Crippen LogP contribution in [0.2, 0.25) is 0 Å². The number of nitrogens with two attached hydrogens (primary N) is 1. The van der Waals surface area contributed by atoms with E-state index in [1.165, 1.54) is 0 Å². The van der Waals surface area contributed by atoms with E-state index >= 15 is 0 Å². The van der Waals surface area contributed by atoms with E-state index in [9.17, 15) is 0 Å². The van der Waals surface area contributed by atoms with Gasteiger partial charge >= 0.3 is 0 Å². The molecule has 1 aliphatic rings. The molecule has 1 rings (SSSR count). The maximum Gasteiger partial charge on any atom is 0.0870 e. The summed E-state index contributed by atoms with van der Waals surface area (Å²) >= 11 is 5.01. The molecule has 18 heavy (non-hydrogen) atoms. The summed E-state index contributed by atoms with van der Waals surface area (Å²) in [5.41, 5.74) is 5.65. The fraction of sp³-hybridized carbons (Fsp3) is 0.923. The topological polar surface area (TPSA) is 41.7 Å². The molecule has 0 aromatic heterocycles. The summed E-state index contributed by atoms with van der Waals surface area (Å²) < 4.78 is 5.85. The maximum absolute atomic E-state index is 5.85. The minimum atomic E-state index is 0.262. The zero-order valence-corrected chi connectivity index (χ0v) is 12.9. The van der Waals surface area contributed by atoms with Crippen molar-refractivity contribution < 1.29 is 4.74 Å². The smallest absolute Gasteiger partial charge is 0.0870 e. The number of ether oxygens (including phenoxy) is 1. The van der Waals surface area contributed by atoms with Crippen molar-refractivity contribution in [3.05, 3.63) is 0 Å². The standard InChI is InChI=1S/C13H27N3OS/c1-10(2)15-5-6-17-12(7-15)8-16(11(3)4)9-13(14)18/h10-12H,5-9H2,1-4H3,(H2,14,18). The predicted molar refractivity (Wildman–Crippen MR) is 79.9 cm³/mol. The Labute approximate surface area is 116 Å². The van der Waals surface area contributed by atoms with E-state index in [0.29, 0.717) is 23.6 Å². The van der Waals surface area contributed by atoms with Crippen LogP contribution in [0.5, 0.6) is 0 Å². The minimum absolute atomic E-state index is 0.262. The lowest BCUT2D eigenvalue weighted by Crippen LogP contribution is -2.51. The van der Waals surface area contributed by atoms with Crippen molar-refractivity contribution in [3.8, 4) is 0 Å². The van der Waals surface area contributed by atoms with E-state index in [1.54, 1.807) is 0 Å². The lowest BCUT2D eigenvalue weighted by atomic mass is 10.2. The average molecular weight is 273 g/mol. The van der Waals surface area contributed by atoms with Crippen molar-refractivity contribution in [2.24, 2.45) is 5.73 Å². The van der Waals surface area contributed by atoms with Crippen molar-refractivity contribution in [3.63, 3.8) is 0 Å². The predicted octanol–water partition coefficient (Wildman–Crippen LogP) is 1.09. The largest absolute Gasteiger partial charge is 0.392 e. The summed E-state index contributed by atoms with van der Waals surface area (Å²) in [7, 11) is 0. The van der Waals surface area contributed by atoms with Crippen molar-refractivity contribution in [1.82, 2.24) is 9.80 Å². The Hall–Kier alpha value is -0.230. The fourth-order valence-electron chi connectivity index (χ4n) is 2.24. The molecule has 0 radical (unpaired) electrons. The minimum Gasteiger partial charge on any atom is -0.392 e. The molecule has 5 heteroatoms. The molecule has 0 bridgehead atoms. The summed E-state index contributed by atoms with van der Waals surface area (Å²) in [5, 5.41) is 0. The van der Waals surface area contributed by atoms with Crippen LogP contribution in [-0.2, 0) is 4.74 Å². The van der Waals surface area contributed by atoms with Gasteiger partial charge in [0.2, 0.25) is 0 Å². The van der Waals surface area contributed by atoms with Crippen molar-refractivity contribution in [2.45, 2.75) is 45.9 Å². The molecule has 0 saturated carbocycles. The second kappa shape index (κ2) is 7.38. The van der Waals surface area contributed by atoms with Gasteiger partial charge in [0.1, 0.15) is 0 Å². The van der Waals surface area contributed by atoms with Gasteiger partial charge in [-0.15, -0.1) is 0 Å². The molecule has 4 nitrogen and oxygen atoms in total. The molecule has 1 aliphatic heterocycles. The first-order valence-electron chi connectivity index (χ1n) is 6.78. The van der Waals surface area contributed by atoms with Gasteiger partial charge in [-0.05, 0) is 27.7 Å². The van der Waals surface area contributed by atoms with Gasteiger partial charge in [-0.3, -0.25) is 9.80 Å². The van der Waals surface area contributed by atoms with Crippen LogP contribution >= 0.6 is 12.2 Å². The van der Waals surface area contributed by atoms with E-state index in [-0.39, 0.29) is 6.10 Å². The zero-order valence-electron chi connectivity index (χ0n) is 12.1. The Balaban J connectivity index is 2.50. The first-order chi connectivity index (χ1) is 8.40. The van der Waals surface area contributed by atoms with Gasteiger partial charge in [-0.2, -0.15) is 0 Å². The molecular weight excluding hydrogens is 246 g/mol. The average Bonchev–Trinajstić information content (AvgIpc) is 2.27. The third-order valence-electron chi connectivity index (χ3n) is 3.43. The number of hydrogen-bond donors (Lipinski definition) is 1. The van der Waals surface area contributed by atoms with Crippen molar-refractivity contribution >= 4 is 17.2 Å². The highest BCUT2D eigenvalue weighted by Gasteiger charge is 2.25. The van der Waals surface area contributed by atoms with Gasteiger partial charge in [0.05, 0.1) is 17.7 Å². The highest BCUT2D eigenvalue weighted by atomic mass is 32.1. The van der Waals surface area contributed by atoms with E-state index in [1.807, 2.05) is 0 Å². The Morgan fingerprint density at radius 1 is 1.44 bits per heavy atom. The Morgan fingerprint density at radius 3 is 2.61 bits per heavy atom. The SMILES string of the molecule is CC(C)N1CCOC(CN(CC(N)=S)C(C)C)C1. The van der Waals surface area contributed by atoms with Gasteiger partial charge in [-0.25, -0.2) is 0 Å². The van der Waals surface area contributed by atoms with E-state index in [2.05, 4.69) is 37.5 Å². The highest BCUT2D eigenvalue weighted by molar-refractivity contribution is 7.80. The number of rotatable bonds is 6. The van der Waals surface area contributed by atoms with Crippen LogP contribution in [0.1, 0.15) is 27.7 Å².